The van der Waals surface area contributed by atoms with Crippen LogP contribution in [-0.4, -0.2) is 21.4 Å². The van der Waals surface area contributed by atoms with E-state index in [1.807, 2.05) is 36.7 Å². The Bertz CT molecular complexity index is 551. The fourth-order valence-corrected chi connectivity index (χ4v) is 2.52. The Hall–Kier alpha value is -2.26. The Morgan fingerprint density at radius 2 is 1.38 bits per heavy atom. The summed E-state index contributed by atoms with van der Waals surface area (Å²) in [7, 11) is 0. The van der Waals surface area contributed by atoms with Crippen molar-refractivity contribution in [2.24, 2.45) is 5.92 Å². The fraction of sp³-hybridized carbons (Fsp3) is 0.222. The summed E-state index contributed by atoms with van der Waals surface area (Å²) in [5.41, 5.74) is 2.19. The highest BCUT2D eigenvalue weighted by Crippen LogP contribution is 2.14. The van der Waals surface area contributed by atoms with Crippen LogP contribution in [0, 0.1) is 5.92 Å². The van der Waals surface area contributed by atoms with Gasteiger partial charge in [0.05, 0.1) is 11.4 Å². The van der Waals surface area contributed by atoms with Crippen LogP contribution in [0.3, 0.4) is 0 Å². The van der Waals surface area contributed by atoms with Gasteiger partial charge in [0, 0.05) is 37.9 Å². The minimum absolute atomic E-state index is 0.484. The Morgan fingerprint density at radius 1 is 0.810 bits per heavy atom. The van der Waals surface area contributed by atoms with E-state index in [1.165, 1.54) is 0 Å². The van der Waals surface area contributed by atoms with Gasteiger partial charge in [0.2, 0.25) is 0 Å². The zero-order valence-corrected chi connectivity index (χ0v) is 12.0. The summed E-state index contributed by atoms with van der Waals surface area (Å²) in [6.07, 6.45) is 12.4. The molecular formula is C18H19N3. The van der Waals surface area contributed by atoms with Gasteiger partial charge in [0.15, 0.2) is 0 Å². The Balaban J connectivity index is 1.70. The van der Waals surface area contributed by atoms with Gasteiger partial charge in [-0.15, -0.1) is 0 Å². The molecule has 0 atom stereocenters. The summed E-state index contributed by atoms with van der Waals surface area (Å²) >= 11 is 0. The predicted molar refractivity (Wildman–Crippen MR) is 84.4 cm³/mol. The van der Waals surface area contributed by atoms with E-state index in [1.54, 1.807) is 0 Å². The van der Waals surface area contributed by atoms with Gasteiger partial charge in [-0.25, -0.2) is 0 Å². The minimum atomic E-state index is 0.484. The highest BCUT2D eigenvalue weighted by atomic mass is 15.1. The Morgan fingerprint density at radius 3 is 1.86 bits per heavy atom. The first-order valence-corrected chi connectivity index (χ1v) is 7.27. The van der Waals surface area contributed by atoms with Gasteiger partial charge in [0.25, 0.3) is 0 Å². The third kappa shape index (κ3) is 4.10. The average molecular weight is 277 g/mol. The molecule has 0 spiro atoms. The van der Waals surface area contributed by atoms with Crippen molar-refractivity contribution >= 4 is 0 Å². The first-order valence-electron chi connectivity index (χ1n) is 7.27. The van der Waals surface area contributed by atoms with Gasteiger partial charge >= 0.3 is 0 Å². The summed E-state index contributed by atoms with van der Waals surface area (Å²) < 4.78 is 0. The number of aromatic nitrogens is 2. The van der Waals surface area contributed by atoms with Gasteiger partial charge in [-0.05, 0) is 24.3 Å². The second kappa shape index (κ2) is 6.95. The standard InChI is InChI=1S/C18H19N3/c1-2-8-16(7-1)13-21(14-17-9-3-5-11-19-17)15-18-10-4-6-12-20-18/h1-12,16H,13-15H2. The summed E-state index contributed by atoms with van der Waals surface area (Å²) in [5, 5.41) is 0. The quantitative estimate of drug-likeness (QED) is 0.812. The fourth-order valence-electron chi connectivity index (χ4n) is 2.52. The van der Waals surface area contributed by atoms with Crippen molar-refractivity contribution in [2.45, 2.75) is 13.1 Å². The van der Waals surface area contributed by atoms with Crippen LogP contribution < -0.4 is 0 Å². The molecule has 106 valence electrons. The zero-order valence-electron chi connectivity index (χ0n) is 12.0. The van der Waals surface area contributed by atoms with Gasteiger partial charge in [-0.3, -0.25) is 14.9 Å². The molecule has 21 heavy (non-hydrogen) atoms. The molecular weight excluding hydrogens is 258 g/mol. The molecule has 0 saturated heterocycles. The van der Waals surface area contributed by atoms with E-state index in [2.05, 4.69) is 51.3 Å². The molecule has 3 nitrogen and oxygen atoms in total. The molecule has 2 aromatic heterocycles. The molecule has 0 N–H and O–H groups in total. The summed E-state index contributed by atoms with van der Waals surface area (Å²) in [4.78, 5) is 11.3. The van der Waals surface area contributed by atoms with E-state index in [9.17, 15) is 0 Å². The van der Waals surface area contributed by atoms with Gasteiger partial charge in [-0.1, -0.05) is 36.4 Å². The van der Waals surface area contributed by atoms with E-state index in [4.69, 9.17) is 0 Å². The smallest absolute Gasteiger partial charge is 0.0544 e. The van der Waals surface area contributed by atoms with Crippen LogP contribution in [0.1, 0.15) is 11.4 Å². The summed E-state index contributed by atoms with van der Waals surface area (Å²) in [5.74, 6) is 0.484. The minimum Gasteiger partial charge on any atom is -0.291 e. The maximum Gasteiger partial charge on any atom is 0.0544 e. The first-order chi connectivity index (χ1) is 10.4. The van der Waals surface area contributed by atoms with Crippen molar-refractivity contribution < 1.29 is 0 Å². The highest BCUT2D eigenvalue weighted by Gasteiger charge is 2.13. The molecule has 2 heterocycles. The van der Waals surface area contributed by atoms with Crippen molar-refractivity contribution in [1.29, 1.82) is 0 Å². The van der Waals surface area contributed by atoms with E-state index in [0.29, 0.717) is 5.92 Å². The maximum absolute atomic E-state index is 4.44. The van der Waals surface area contributed by atoms with E-state index in [-0.39, 0.29) is 0 Å². The van der Waals surface area contributed by atoms with Gasteiger partial charge < -0.3 is 0 Å². The lowest BCUT2D eigenvalue weighted by atomic mass is 10.1. The molecule has 0 aliphatic heterocycles. The predicted octanol–water partition coefficient (Wildman–Crippen LogP) is 3.22. The molecule has 3 rings (SSSR count). The van der Waals surface area contributed by atoms with Gasteiger partial charge in [-0.2, -0.15) is 0 Å². The molecule has 0 saturated carbocycles. The molecule has 0 radical (unpaired) electrons. The lowest BCUT2D eigenvalue weighted by Gasteiger charge is -2.23. The largest absolute Gasteiger partial charge is 0.291 e. The normalized spacial score (nSPS) is 14.1. The molecule has 1 aliphatic carbocycles. The summed E-state index contributed by atoms with van der Waals surface area (Å²) in [6.45, 7) is 2.67. The van der Waals surface area contributed by atoms with Crippen LogP contribution >= 0.6 is 0 Å². The maximum atomic E-state index is 4.44. The molecule has 0 unspecified atom stereocenters. The van der Waals surface area contributed by atoms with Crippen LogP contribution in [0.5, 0.6) is 0 Å². The van der Waals surface area contributed by atoms with Crippen LogP contribution in [-0.2, 0) is 13.1 Å². The Labute approximate surface area is 125 Å². The third-order valence-electron chi connectivity index (χ3n) is 3.52. The number of nitrogens with zero attached hydrogens (tertiary/aromatic N) is 3. The second-order valence-corrected chi connectivity index (χ2v) is 5.25. The number of allylic oxidation sites excluding steroid dienone is 2. The third-order valence-corrected chi connectivity index (χ3v) is 3.52. The number of hydrogen-bond acceptors (Lipinski definition) is 3. The van der Waals surface area contributed by atoms with Crippen LogP contribution in [0.15, 0.2) is 73.1 Å². The molecule has 0 fully saturated rings. The lowest BCUT2D eigenvalue weighted by Crippen LogP contribution is -2.28. The van der Waals surface area contributed by atoms with E-state index >= 15 is 0 Å². The van der Waals surface area contributed by atoms with Crippen molar-refractivity contribution in [3.05, 3.63) is 84.5 Å². The van der Waals surface area contributed by atoms with Crippen LogP contribution in [0.2, 0.25) is 0 Å². The number of pyridine rings is 2. The van der Waals surface area contributed by atoms with Crippen molar-refractivity contribution in [3.63, 3.8) is 0 Å². The monoisotopic (exact) mass is 277 g/mol. The summed E-state index contributed by atoms with van der Waals surface area (Å²) in [6, 6.07) is 12.1. The van der Waals surface area contributed by atoms with Crippen molar-refractivity contribution in [2.75, 3.05) is 6.54 Å². The molecule has 0 aromatic carbocycles. The van der Waals surface area contributed by atoms with E-state index < -0.39 is 0 Å². The second-order valence-electron chi connectivity index (χ2n) is 5.25. The lowest BCUT2D eigenvalue weighted by molar-refractivity contribution is 0.239. The Kier molecular flexibility index (Phi) is 4.54. The first kappa shape index (κ1) is 13.7. The van der Waals surface area contributed by atoms with Crippen LogP contribution in [0.4, 0.5) is 0 Å². The average Bonchev–Trinajstić information content (AvgIpc) is 3.02. The van der Waals surface area contributed by atoms with Crippen molar-refractivity contribution in [3.8, 4) is 0 Å². The topological polar surface area (TPSA) is 29.0 Å². The highest BCUT2D eigenvalue weighted by molar-refractivity contribution is 5.18. The zero-order chi connectivity index (χ0) is 14.3. The molecule has 3 heteroatoms. The molecule has 2 aromatic rings. The molecule has 0 amide bonds. The van der Waals surface area contributed by atoms with Crippen LogP contribution in [0.25, 0.3) is 0 Å². The van der Waals surface area contributed by atoms with Gasteiger partial charge in [0.1, 0.15) is 0 Å². The van der Waals surface area contributed by atoms with Crippen molar-refractivity contribution in [1.82, 2.24) is 14.9 Å². The SMILES string of the molecule is C1=CC(CN(Cc2ccccn2)Cc2ccccn2)C=C1. The number of hydrogen-bond donors (Lipinski definition) is 0. The van der Waals surface area contributed by atoms with E-state index in [0.717, 1.165) is 31.0 Å². The molecule has 1 aliphatic rings. The number of rotatable bonds is 6. The molecule has 0 bridgehead atoms.